The van der Waals surface area contributed by atoms with Crippen LogP contribution in [0.4, 0.5) is 0 Å². The number of aromatic nitrogens is 3. The van der Waals surface area contributed by atoms with Gasteiger partial charge in [0.15, 0.2) is 0 Å². The molecule has 0 saturated carbocycles. The second kappa shape index (κ2) is 7.31. The van der Waals surface area contributed by atoms with Gasteiger partial charge in [0.2, 0.25) is 5.78 Å². The molecule has 4 rings (SSSR count). The number of ether oxygens (including phenoxy) is 1. The van der Waals surface area contributed by atoms with E-state index >= 15 is 0 Å². The summed E-state index contributed by atoms with van der Waals surface area (Å²) < 4.78 is 8.23. The molecule has 142 valence electrons. The Bertz CT molecular complexity index is 1220. The summed E-state index contributed by atoms with van der Waals surface area (Å²) in [6.45, 7) is 1.87. The van der Waals surface area contributed by atoms with Gasteiger partial charge < -0.3 is 9.30 Å². The van der Waals surface area contributed by atoms with Crippen molar-refractivity contribution in [3.63, 3.8) is 0 Å². The van der Waals surface area contributed by atoms with Gasteiger partial charge in [0.05, 0.1) is 18.1 Å². The minimum absolute atomic E-state index is 0.00771. The number of hydrogen-bond donors (Lipinski definition) is 0. The van der Waals surface area contributed by atoms with Crippen LogP contribution in [0.3, 0.4) is 0 Å². The molecule has 0 aliphatic carbocycles. The van der Waals surface area contributed by atoms with Crippen LogP contribution in [0.1, 0.15) is 16.8 Å². The summed E-state index contributed by atoms with van der Waals surface area (Å²) >= 11 is 0. The average Bonchev–Trinajstić information content (AvgIpc) is 3.11. The van der Waals surface area contributed by atoms with E-state index in [2.05, 4.69) is 4.98 Å². The topological polar surface area (TPSA) is 65.6 Å². The number of para-hydroxylation sites is 2. The van der Waals surface area contributed by atoms with Crippen molar-refractivity contribution in [1.82, 2.24) is 14.0 Å². The number of methoxy groups -OCH3 is 1. The normalized spacial score (nSPS) is 11.2. The van der Waals surface area contributed by atoms with Crippen LogP contribution in [0.15, 0.2) is 59.4 Å². The van der Waals surface area contributed by atoms with Crippen LogP contribution in [-0.4, -0.2) is 27.0 Å². The smallest absolute Gasteiger partial charge is 0.325 e. The molecule has 0 amide bonds. The van der Waals surface area contributed by atoms with Gasteiger partial charge in [-0.1, -0.05) is 42.5 Å². The molecule has 28 heavy (non-hydrogen) atoms. The number of hydrogen-bond acceptors (Lipinski definition) is 4. The summed E-state index contributed by atoms with van der Waals surface area (Å²) in [6.07, 6.45) is 1.32. The first-order valence-corrected chi connectivity index (χ1v) is 9.20. The van der Waals surface area contributed by atoms with Gasteiger partial charge in [-0.3, -0.25) is 9.59 Å². The summed E-state index contributed by atoms with van der Waals surface area (Å²) in [7, 11) is 1.36. The fourth-order valence-corrected chi connectivity index (χ4v) is 3.58. The van der Waals surface area contributed by atoms with Gasteiger partial charge in [-0.25, -0.2) is 9.38 Å². The highest BCUT2D eigenvalue weighted by atomic mass is 16.5. The third-order valence-corrected chi connectivity index (χ3v) is 5.11. The molecule has 2 aromatic heterocycles. The lowest BCUT2D eigenvalue weighted by molar-refractivity contribution is -0.141. The van der Waals surface area contributed by atoms with Crippen LogP contribution < -0.4 is 5.56 Å². The standard InChI is InChI=1S/C22H21N3O3/c1-15-17(13-12-16-8-4-3-5-9-16)21(27)25-19-11-7-6-10-18(19)23-22(25)24(15)14-20(26)28-2/h3-11H,12-14H2,1-2H3. The van der Waals surface area contributed by atoms with E-state index in [0.717, 1.165) is 28.7 Å². The van der Waals surface area contributed by atoms with Gasteiger partial charge >= 0.3 is 5.97 Å². The minimum Gasteiger partial charge on any atom is -0.468 e. The zero-order chi connectivity index (χ0) is 19.7. The fraction of sp³-hybridized carbons (Fsp3) is 0.227. The second-order valence-electron chi connectivity index (χ2n) is 6.75. The zero-order valence-corrected chi connectivity index (χ0v) is 15.9. The second-order valence-corrected chi connectivity index (χ2v) is 6.75. The number of benzene rings is 2. The van der Waals surface area contributed by atoms with Crippen molar-refractivity contribution in [2.24, 2.45) is 0 Å². The zero-order valence-electron chi connectivity index (χ0n) is 15.9. The van der Waals surface area contributed by atoms with Crippen molar-refractivity contribution in [2.75, 3.05) is 7.11 Å². The number of carbonyl (C=O) groups is 1. The monoisotopic (exact) mass is 375 g/mol. The summed E-state index contributed by atoms with van der Waals surface area (Å²) in [4.78, 5) is 30.0. The van der Waals surface area contributed by atoms with Crippen LogP contribution in [-0.2, 0) is 28.9 Å². The van der Waals surface area contributed by atoms with Crippen LogP contribution in [0.5, 0.6) is 0 Å². The van der Waals surface area contributed by atoms with Crippen molar-refractivity contribution in [3.05, 3.63) is 81.8 Å². The van der Waals surface area contributed by atoms with Gasteiger partial charge in [-0.15, -0.1) is 0 Å². The number of imidazole rings is 1. The Morgan fingerprint density at radius 1 is 1.04 bits per heavy atom. The molecule has 0 bridgehead atoms. The van der Waals surface area contributed by atoms with E-state index in [-0.39, 0.29) is 18.1 Å². The molecule has 0 spiro atoms. The third kappa shape index (κ3) is 3.07. The molecule has 0 saturated heterocycles. The van der Waals surface area contributed by atoms with E-state index in [1.165, 1.54) is 7.11 Å². The van der Waals surface area contributed by atoms with E-state index in [0.29, 0.717) is 17.8 Å². The van der Waals surface area contributed by atoms with E-state index in [9.17, 15) is 9.59 Å². The van der Waals surface area contributed by atoms with Crippen molar-refractivity contribution >= 4 is 22.8 Å². The van der Waals surface area contributed by atoms with Gasteiger partial charge in [0.1, 0.15) is 6.54 Å². The number of fused-ring (bicyclic) bond motifs is 3. The fourth-order valence-electron chi connectivity index (χ4n) is 3.58. The molecule has 6 nitrogen and oxygen atoms in total. The van der Waals surface area contributed by atoms with Crippen molar-refractivity contribution in [1.29, 1.82) is 0 Å². The molecule has 0 unspecified atom stereocenters. The van der Waals surface area contributed by atoms with Crippen molar-refractivity contribution < 1.29 is 9.53 Å². The molecule has 2 heterocycles. The quantitative estimate of drug-likeness (QED) is 0.503. The largest absolute Gasteiger partial charge is 0.468 e. The lowest BCUT2D eigenvalue weighted by Crippen LogP contribution is -2.27. The van der Waals surface area contributed by atoms with E-state index in [1.54, 1.807) is 8.97 Å². The molecule has 4 aromatic rings. The lowest BCUT2D eigenvalue weighted by atomic mass is 10.0. The average molecular weight is 375 g/mol. The van der Waals surface area contributed by atoms with Gasteiger partial charge in [-0.05, 0) is 37.5 Å². The molecule has 0 N–H and O–H groups in total. The maximum absolute atomic E-state index is 13.3. The Morgan fingerprint density at radius 2 is 1.75 bits per heavy atom. The molecule has 6 heteroatoms. The highest BCUT2D eigenvalue weighted by molar-refractivity contribution is 5.80. The molecule has 0 radical (unpaired) electrons. The maximum Gasteiger partial charge on any atom is 0.325 e. The van der Waals surface area contributed by atoms with Crippen LogP contribution in [0, 0.1) is 6.92 Å². The Kier molecular flexibility index (Phi) is 4.69. The molecular weight excluding hydrogens is 354 g/mol. The first kappa shape index (κ1) is 18.0. The van der Waals surface area contributed by atoms with Crippen molar-refractivity contribution in [3.8, 4) is 0 Å². The first-order chi connectivity index (χ1) is 13.6. The van der Waals surface area contributed by atoms with Gasteiger partial charge in [-0.2, -0.15) is 0 Å². The van der Waals surface area contributed by atoms with E-state index < -0.39 is 0 Å². The van der Waals surface area contributed by atoms with Crippen LogP contribution in [0.25, 0.3) is 16.8 Å². The number of rotatable bonds is 5. The maximum atomic E-state index is 13.3. The third-order valence-electron chi connectivity index (χ3n) is 5.11. The predicted octanol–water partition coefficient (Wildman–Crippen LogP) is 2.92. The van der Waals surface area contributed by atoms with Gasteiger partial charge in [0.25, 0.3) is 5.56 Å². The van der Waals surface area contributed by atoms with Gasteiger partial charge in [0, 0.05) is 11.3 Å². The highest BCUT2D eigenvalue weighted by Gasteiger charge is 2.19. The number of aryl methyl sites for hydroxylation is 1. The summed E-state index contributed by atoms with van der Waals surface area (Å²) in [6, 6.07) is 17.5. The number of nitrogens with zero attached hydrogens (tertiary/aromatic N) is 3. The Balaban J connectivity index is 1.92. The first-order valence-electron chi connectivity index (χ1n) is 9.20. The Morgan fingerprint density at radius 3 is 2.50 bits per heavy atom. The van der Waals surface area contributed by atoms with Crippen LogP contribution >= 0.6 is 0 Å². The molecule has 0 aliphatic rings. The summed E-state index contributed by atoms with van der Waals surface area (Å²) in [5, 5.41) is 0. The Labute approximate surface area is 162 Å². The molecule has 0 atom stereocenters. The molecular formula is C22H21N3O3. The summed E-state index contributed by atoms with van der Waals surface area (Å²) in [5.41, 5.74) is 3.96. The molecule has 0 aliphatic heterocycles. The minimum atomic E-state index is -0.380. The SMILES string of the molecule is COC(=O)Cn1c(C)c(CCc2ccccc2)c(=O)n2c3ccccc3nc12. The van der Waals surface area contributed by atoms with Crippen LogP contribution in [0.2, 0.25) is 0 Å². The highest BCUT2D eigenvalue weighted by Crippen LogP contribution is 2.18. The molecule has 0 fully saturated rings. The van der Waals surface area contributed by atoms with E-state index in [1.807, 2.05) is 61.5 Å². The summed E-state index contributed by atoms with van der Waals surface area (Å²) in [5.74, 6) is 0.0762. The lowest BCUT2D eigenvalue weighted by Gasteiger charge is -2.15. The Hall–Kier alpha value is -3.41. The van der Waals surface area contributed by atoms with E-state index in [4.69, 9.17) is 4.74 Å². The number of esters is 1. The number of carbonyl (C=O) groups excluding carboxylic acids is 1. The predicted molar refractivity (Wildman–Crippen MR) is 108 cm³/mol. The molecule has 2 aromatic carbocycles. The van der Waals surface area contributed by atoms with Crippen molar-refractivity contribution in [2.45, 2.75) is 26.3 Å².